The number of aromatic nitrogens is 3. The summed E-state index contributed by atoms with van der Waals surface area (Å²) >= 11 is 12.8. The van der Waals surface area contributed by atoms with Gasteiger partial charge in [-0.05, 0) is 38.8 Å². The van der Waals surface area contributed by atoms with Gasteiger partial charge in [0.15, 0.2) is 5.82 Å². The molecule has 32 heavy (non-hydrogen) atoms. The fourth-order valence-electron chi connectivity index (χ4n) is 5.12. The number of piperidine rings is 1. The normalized spacial score (nSPS) is 22.9. The van der Waals surface area contributed by atoms with Crippen molar-refractivity contribution < 1.29 is 9.84 Å². The van der Waals surface area contributed by atoms with Crippen LogP contribution < -0.4 is 10.6 Å². The van der Waals surface area contributed by atoms with Crippen molar-refractivity contribution in [3.63, 3.8) is 0 Å². The number of halogens is 2. The molecule has 1 spiro atoms. The summed E-state index contributed by atoms with van der Waals surface area (Å²) in [6.45, 7) is 6.24. The highest BCUT2D eigenvalue weighted by atomic mass is 35.5. The number of aliphatic hydroxyl groups excluding tert-OH is 1. The summed E-state index contributed by atoms with van der Waals surface area (Å²) in [5, 5.41) is 15.4. The average Bonchev–Trinajstić information content (AvgIpc) is 3.34. The second kappa shape index (κ2) is 8.15. The van der Waals surface area contributed by atoms with Crippen LogP contribution in [0, 0.1) is 12.3 Å². The fraction of sp³-hybridized carbons (Fsp3) is 0.478. The second-order valence-corrected chi connectivity index (χ2v) is 9.74. The van der Waals surface area contributed by atoms with E-state index in [1.165, 1.54) is 0 Å². The minimum absolute atomic E-state index is 0.0337. The Bertz CT molecular complexity index is 1170. The molecule has 0 aliphatic carbocycles. The van der Waals surface area contributed by atoms with Crippen LogP contribution in [0.4, 0.5) is 5.82 Å². The second-order valence-electron chi connectivity index (χ2n) is 8.95. The Kier molecular flexibility index (Phi) is 5.58. The molecule has 2 atom stereocenters. The highest BCUT2D eigenvalue weighted by Gasteiger charge is 2.47. The van der Waals surface area contributed by atoms with Crippen molar-refractivity contribution in [3.8, 4) is 11.3 Å². The van der Waals surface area contributed by atoms with Gasteiger partial charge in [0.1, 0.15) is 5.52 Å². The van der Waals surface area contributed by atoms with Crippen molar-refractivity contribution in [2.45, 2.75) is 45.4 Å². The number of anilines is 1. The summed E-state index contributed by atoms with van der Waals surface area (Å²) in [7, 11) is 0. The van der Waals surface area contributed by atoms with E-state index in [9.17, 15) is 5.11 Å². The summed E-state index contributed by atoms with van der Waals surface area (Å²) in [5.41, 5.74) is 10.3. The Labute approximate surface area is 197 Å². The fourth-order valence-corrected chi connectivity index (χ4v) is 5.51. The van der Waals surface area contributed by atoms with Crippen molar-refractivity contribution >= 4 is 34.5 Å². The van der Waals surface area contributed by atoms with Gasteiger partial charge in [0, 0.05) is 30.1 Å². The molecule has 0 amide bonds. The lowest BCUT2D eigenvalue weighted by atomic mass is 9.73. The molecule has 1 aromatic carbocycles. The number of ether oxygens (including phenoxy) is 1. The summed E-state index contributed by atoms with van der Waals surface area (Å²) < 4.78 is 7.70. The Morgan fingerprint density at radius 2 is 2.03 bits per heavy atom. The molecule has 0 radical (unpaired) electrons. The molecule has 4 heterocycles. The number of aryl methyl sites for hydroxylation is 1. The predicted molar refractivity (Wildman–Crippen MR) is 126 cm³/mol. The summed E-state index contributed by atoms with van der Waals surface area (Å²) in [6.07, 6.45) is 2.00. The van der Waals surface area contributed by atoms with E-state index in [1.54, 1.807) is 6.07 Å². The molecule has 7 nitrogen and oxygen atoms in total. The highest BCUT2D eigenvalue weighted by Crippen LogP contribution is 2.43. The third-order valence-corrected chi connectivity index (χ3v) is 7.91. The number of nitrogens with zero attached hydrogens (tertiary/aromatic N) is 4. The van der Waals surface area contributed by atoms with Gasteiger partial charge in [-0.2, -0.15) is 5.10 Å². The summed E-state index contributed by atoms with van der Waals surface area (Å²) in [4.78, 5) is 7.28. The van der Waals surface area contributed by atoms with Crippen LogP contribution in [-0.4, -0.2) is 51.5 Å². The lowest BCUT2D eigenvalue weighted by Crippen LogP contribution is -2.50. The van der Waals surface area contributed by atoms with Crippen LogP contribution in [0.3, 0.4) is 0 Å². The minimum Gasteiger partial charge on any atom is -0.390 e. The topological polar surface area (TPSA) is 88.9 Å². The van der Waals surface area contributed by atoms with Crippen LogP contribution in [0.2, 0.25) is 10.0 Å². The van der Waals surface area contributed by atoms with E-state index in [2.05, 4.69) is 16.9 Å². The first-order chi connectivity index (χ1) is 15.3. The number of hydrogen-bond acceptors (Lipinski definition) is 6. The number of rotatable bonds is 3. The maximum absolute atomic E-state index is 9.78. The van der Waals surface area contributed by atoms with E-state index >= 15 is 0 Å². The monoisotopic (exact) mass is 475 g/mol. The predicted octanol–water partition coefficient (Wildman–Crippen LogP) is 3.84. The molecule has 0 saturated carbocycles. The van der Waals surface area contributed by atoms with Gasteiger partial charge in [-0.1, -0.05) is 35.3 Å². The number of hydrogen-bond donors (Lipinski definition) is 2. The molecule has 2 aromatic heterocycles. The molecular weight excluding hydrogens is 449 g/mol. The van der Waals surface area contributed by atoms with E-state index in [1.807, 2.05) is 29.6 Å². The Hall–Kier alpha value is -1.90. The molecule has 0 unspecified atom stereocenters. The first-order valence-electron chi connectivity index (χ1n) is 10.9. The molecule has 3 N–H and O–H groups in total. The van der Waals surface area contributed by atoms with E-state index in [4.69, 9.17) is 38.7 Å². The molecule has 2 aliphatic heterocycles. The van der Waals surface area contributed by atoms with Gasteiger partial charge in [0.25, 0.3) is 0 Å². The van der Waals surface area contributed by atoms with E-state index in [0.717, 1.165) is 60.8 Å². The zero-order valence-electron chi connectivity index (χ0n) is 18.2. The van der Waals surface area contributed by atoms with Gasteiger partial charge < -0.3 is 20.5 Å². The quantitative estimate of drug-likeness (QED) is 0.598. The number of fused-ring (bicyclic) bond motifs is 1. The summed E-state index contributed by atoms with van der Waals surface area (Å²) in [6, 6.07) is 7.47. The first-order valence-corrected chi connectivity index (χ1v) is 11.7. The van der Waals surface area contributed by atoms with Crippen LogP contribution in [0.1, 0.15) is 31.2 Å². The highest BCUT2D eigenvalue weighted by molar-refractivity contribution is 6.43. The third-order valence-electron chi connectivity index (χ3n) is 7.09. The standard InChI is InChI=1S/C23H27Cl2N5O2/c1-13-20(16-4-3-5-17(24)19(16)25)30-18(10-15(11-31)28-30)22(27-13)29-8-6-23(7-9-29)12-32-14(2)21(23)26/h3-5,10,14,21,31H,6-9,11-12,26H2,1-2H3/t14-,21+/m0/s1. The van der Waals surface area contributed by atoms with Crippen LogP contribution in [0.15, 0.2) is 24.3 Å². The molecule has 170 valence electrons. The maximum atomic E-state index is 9.78. The zero-order chi connectivity index (χ0) is 22.6. The van der Waals surface area contributed by atoms with Crippen LogP contribution >= 0.6 is 23.2 Å². The lowest BCUT2D eigenvalue weighted by Gasteiger charge is -2.41. The average molecular weight is 476 g/mol. The van der Waals surface area contributed by atoms with E-state index in [-0.39, 0.29) is 24.2 Å². The van der Waals surface area contributed by atoms with Crippen LogP contribution in [0.25, 0.3) is 16.8 Å². The van der Waals surface area contributed by atoms with Gasteiger partial charge in [0.2, 0.25) is 0 Å². The van der Waals surface area contributed by atoms with Gasteiger partial charge in [-0.25, -0.2) is 9.50 Å². The van der Waals surface area contributed by atoms with Gasteiger partial charge in [-0.3, -0.25) is 0 Å². The van der Waals surface area contributed by atoms with Crippen LogP contribution in [-0.2, 0) is 11.3 Å². The number of benzene rings is 1. The lowest BCUT2D eigenvalue weighted by molar-refractivity contribution is 0.0974. The van der Waals surface area contributed by atoms with Gasteiger partial charge in [-0.15, -0.1) is 0 Å². The molecular formula is C23H27Cl2N5O2. The van der Waals surface area contributed by atoms with Gasteiger partial charge in [0.05, 0.1) is 46.4 Å². The van der Waals surface area contributed by atoms with Crippen molar-refractivity contribution in [3.05, 3.63) is 45.7 Å². The number of aliphatic hydroxyl groups is 1. The maximum Gasteiger partial charge on any atom is 0.155 e. The molecule has 2 saturated heterocycles. The first kappa shape index (κ1) is 21.9. The molecule has 0 bridgehead atoms. The number of nitrogens with two attached hydrogens (primary N) is 1. The van der Waals surface area contributed by atoms with Crippen LogP contribution in [0.5, 0.6) is 0 Å². The summed E-state index contributed by atoms with van der Waals surface area (Å²) in [5.74, 6) is 0.854. The molecule has 5 rings (SSSR count). The van der Waals surface area contributed by atoms with Crippen molar-refractivity contribution in [1.82, 2.24) is 14.6 Å². The largest absolute Gasteiger partial charge is 0.390 e. The zero-order valence-corrected chi connectivity index (χ0v) is 19.7. The van der Waals surface area contributed by atoms with E-state index < -0.39 is 0 Å². The van der Waals surface area contributed by atoms with E-state index in [0.29, 0.717) is 15.7 Å². The Morgan fingerprint density at radius 1 is 1.28 bits per heavy atom. The van der Waals surface area contributed by atoms with Crippen molar-refractivity contribution in [2.24, 2.45) is 11.1 Å². The van der Waals surface area contributed by atoms with Crippen molar-refractivity contribution in [1.29, 1.82) is 0 Å². The molecule has 2 fully saturated rings. The van der Waals surface area contributed by atoms with Crippen molar-refractivity contribution in [2.75, 3.05) is 24.6 Å². The molecule has 3 aromatic rings. The van der Waals surface area contributed by atoms with Gasteiger partial charge >= 0.3 is 0 Å². The molecule has 2 aliphatic rings. The Morgan fingerprint density at radius 3 is 2.69 bits per heavy atom. The third kappa shape index (κ3) is 3.38. The Balaban J connectivity index is 1.57. The smallest absolute Gasteiger partial charge is 0.155 e. The SMILES string of the molecule is Cc1nc(N2CCC3(CC2)CO[C@@H](C)[C@H]3N)c2cc(CO)nn2c1-c1cccc(Cl)c1Cl. The minimum atomic E-state index is -0.157. The molecule has 9 heteroatoms.